The Hall–Kier alpha value is -1.03. The summed E-state index contributed by atoms with van der Waals surface area (Å²) in [5.41, 5.74) is 0.765. The van der Waals surface area contributed by atoms with E-state index in [0.29, 0.717) is 6.61 Å². The van der Waals surface area contributed by atoms with Crippen LogP contribution in [0.2, 0.25) is 0 Å². The molecule has 88 valence electrons. The molecule has 1 rings (SSSR count). The van der Waals surface area contributed by atoms with Gasteiger partial charge in [-0.1, -0.05) is 15.9 Å². The van der Waals surface area contributed by atoms with Gasteiger partial charge >= 0.3 is 0 Å². The van der Waals surface area contributed by atoms with Gasteiger partial charge in [-0.15, -0.1) is 0 Å². The molecule has 0 aliphatic carbocycles. The van der Waals surface area contributed by atoms with E-state index in [9.17, 15) is 4.79 Å². The highest BCUT2D eigenvalue weighted by atomic mass is 79.9. The SMILES string of the molecule is CCOc1ccc(NC(=O)C(C)(C)Br)cc1. The Balaban J connectivity index is 2.65. The fourth-order valence-electron chi connectivity index (χ4n) is 1.08. The Kier molecular flexibility index (Phi) is 4.35. The van der Waals surface area contributed by atoms with Gasteiger partial charge in [0.25, 0.3) is 0 Å². The van der Waals surface area contributed by atoms with Crippen LogP contribution in [-0.4, -0.2) is 16.8 Å². The molecule has 4 heteroatoms. The number of halogens is 1. The molecular weight excluding hydrogens is 270 g/mol. The molecule has 3 nitrogen and oxygen atoms in total. The molecule has 16 heavy (non-hydrogen) atoms. The van der Waals surface area contributed by atoms with Crippen molar-refractivity contribution in [1.29, 1.82) is 0 Å². The van der Waals surface area contributed by atoms with Crippen LogP contribution in [0.15, 0.2) is 24.3 Å². The number of ether oxygens (including phenoxy) is 1. The van der Waals surface area contributed by atoms with Gasteiger partial charge in [0.2, 0.25) is 5.91 Å². The molecule has 0 saturated heterocycles. The van der Waals surface area contributed by atoms with Gasteiger partial charge in [0.1, 0.15) is 5.75 Å². The van der Waals surface area contributed by atoms with Gasteiger partial charge in [-0.25, -0.2) is 0 Å². The van der Waals surface area contributed by atoms with Crippen molar-refractivity contribution in [3.05, 3.63) is 24.3 Å². The van der Waals surface area contributed by atoms with Crippen molar-refractivity contribution >= 4 is 27.5 Å². The highest BCUT2D eigenvalue weighted by Crippen LogP contribution is 2.20. The number of carbonyl (C=O) groups is 1. The number of hydrogen-bond acceptors (Lipinski definition) is 2. The monoisotopic (exact) mass is 285 g/mol. The first-order valence-corrected chi connectivity index (χ1v) is 5.96. The van der Waals surface area contributed by atoms with Gasteiger partial charge in [-0.05, 0) is 45.0 Å². The highest BCUT2D eigenvalue weighted by Gasteiger charge is 2.23. The van der Waals surface area contributed by atoms with Crippen molar-refractivity contribution in [2.45, 2.75) is 25.1 Å². The Bertz CT molecular complexity index is 354. The third kappa shape index (κ3) is 3.85. The summed E-state index contributed by atoms with van der Waals surface area (Å²) in [6, 6.07) is 7.31. The first-order chi connectivity index (χ1) is 7.43. The lowest BCUT2D eigenvalue weighted by Crippen LogP contribution is -2.30. The predicted octanol–water partition coefficient (Wildman–Crippen LogP) is 3.20. The molecule has 0 unspecified atom stereocenters. The van der Waals surface area contributed by atoms with Crippen molar-refractivity contribution < 1.29 is 9.53 Å². The highest BCUT2D eigenvalue weighted by molar-refractivity contribution is 9.10. The van der Waals surface area contributed by atoms with E-state index in [1.165, 1.54) is 0 Å². The van der Waals surface area contributed by atoms with Gasteiger partial charge in [-0.3, -0.25) is 4.79 Å². The summed E-state index contributed by atoms with van der Waals surface area (Å²) in [5, 5.41) is 2.81. The lowest BCUT2D eigenvalue weighted by Gasteiger charge is -2.15. The molecule has 0 heterocycles. The zero-order valence-corrected chi connectivity index (χ0v) is 11.3. The summed E-state index contributed by atoms with van der Waals surface area (Å²) in [6.45, 7) is 6.18. The number of nitrogens with one attached hydrogen (secondary N) is 1. The summed E-state index contributed by atoms with van der Waals surface area (Å²) >= 11 is 3.30. The van der Waals surface area contributed by atoms with Crippen molar-refractivity contribution in [1.82, 2.24) is 0 Å². The van der Waals surface area contributed by atoms with E-state index in [0.717, 1.165) is 11.4 Å². The summed E-state index contributed by atoms with van der Waals surface area (Å²) in [6.07, 6.45) is 0. The van der Waals surface area contributed by atoms with Gasteiger partial charge in [-0.2, -0.15) is 0 Å². The Labute approximate surface area is 104 Å². The summed E-state index contributed by atoms with van der Waals surface area (Å²) < 4.78 is 4.75. The lowest BCUT2D eigenvalue weighted by molar-refractivity contribution is -0.117. The molecule has 0 atom stereocenters. The summed E-state index contributed by atoms with van der Waals surface area (Å²) in [5.74, 6) is 0.732. The number of alkyl halides is 1. The van der Waals surface area contributed by atoms with Crippen LogP contribution < -0.4 is 10.1 Å². The van der Waals surface area contributed by atoms with Gasteiger partial charge in [0, 0.05) is 5.69 Å². The van der Waals surface area contributed by atoms with Crippen molar-refractivity contribution in [3.8, 4) is 5.75 Å². The Morgan fingerprint density at radius 1 is 1.38 bits per heavy atom. The zero-order valence-electron chi connectivity index (χ0n) is 9.71. The third-order valence-corrected chi connectivity index (χ3v) is 2.32. The van der Waals surface area contributed by atoms with Crippen LogP contribution in [0.25, 0.3) is 0 Å². The average Bonchev–Trinajstić information content (AvgIpc) is 2.20. The molecule has 0 spiro atoms. The van der Waals surface area contributed by atoms with Gasteiger partial charge < -0.3 is 10.1 Å². The van der Waals surface area contributed by atoms with Gasteiger partial charge in [0.05, 0.1) is 10.9 Å². The molecule has 0 aromatic heterocycles. The molecule has 1 aromatic rings. The van der Waals surface area contributed by atoms with Crippen molar-refractivity contribution in [2.75, 3.05) is 11.9 Å². The van der Waals surface area contributed by atoms with E-state index in [-0.39, 0.29) is 5.91 Å². The van der Waals surface area contributed by atoms with Crippen LogP contribution >= 0.6 is 15.9 Å². The Morgan fingerprint density at radius 3 is 2.38 bits per heavy atom. The van der Waals surface area contributed by atoms with Crippen molar-refractivity contribution in [2.24, 2.45) is 0 Å². The quantitative estimate of drug-likeness (QED) is 0.863. The van der Waals surface area contributed by atoms with Crippen LogP contribution in [0.3, 0.4) is 0 Å². The molecule has 0 aliphatic heterocycles. The van der Waals surface area contributed by atoms with Crippen molar-refractivity contribution in [3.63, 3.8) is 0 Å². The number of hydrogen-bond donors (Lipinski definition) is 1. The minimum Gasteiger partial charge on any atom is -0.494 e. The first kappa shape index (κ1) is 13.0. The van der Waals surface area contributed by atoms with Crippen LogP contribution in [-0.2, 0) is 4.79 Å². The second-order valence-corrected chi connectivity index (χ2v) is 5.87. The fourth-order valence-corrected chi connectivity index (χ4v) is 1.18. The topological polar surface area (TPSA) is 38.3 Å². The summed E-state index contributed by atoms with van der Waals surface area (Å²) in [4.78, 5) is 11.7. The standard InChI is InChI=1S/C12H16BrNO2/c1-4-16-10-7-5-9(6-8-10)14-11(15)12(2,3)13/h5-8H,4H2,1-3H3,(H,14,15). The van der Waals surface area contributed by atoms with E-state index in [2.05, 4.69) is 21.2 Å². The average molecular weight is 286 g/mol. The minimum atomic E-state index is -0.564. The van der Waals surface area contributed by atoms with Crippen LogP contribution in [0.4, 0.5) is 5.69 Å². The molecule has 0 aliphatic rings. The van der Waals surface area contributed by atoms with Crippen LogP contribution in [0.1, 0.15) is 20.8 Å². The fraction of sp³-hybridized carbons (Fsp3) is 0.417. The van der Waals surface area contributed by atoms with E-state index >= 15 is 0 Å². The molecule has 0 bridgehead atoms. The second-order valence-electron chi connectivity index (χ2n) is 3.88. The molecular formula is C12H16BrNO2. The zero-order chi connectivity index (χ0) is 12.2. The van der Waals surface area contributed by atoms with Crippen LogP contribution in [0, 0.1) is 0 Å². The molecule has 0 radical (unpaired) electrons. The minimum absolute atomic E-state index is 0.0725. The van der Waals surface area contributed by atoms with E-state index in [1.54, 1.807) is 13.8 Å². The predicted molar refractivity (Wildman–Crippen MR) is 69.2 cm³/mol. The maximum atomic E-state index is 11.7. The maximum Gasteiger partial charge on any atom is 0.240 e. The molecule has 1 amide bonds. The number of anilines is 1. The second kappa shape index (κ2) is 5.34. The first-order valence-electron chi connectivity index (χ1n) is 5.16. The van der Waals surface area contributed by atoms with Crippen LogP contribution in [0.5, 0.6) is 5.75 Å². The smallest absolute Gasteiger partial charge is 0.240 e. The normalized spacial score (nSPS) is 11.0. The number of benzene rings is 1. The van der Waals surface area contributed by atoms with E-state index < -0.39 is 4.32 Å². The summed E-state index contributed by atoms with van der Waals surface area (Å²) in [7, 11) is 0. The van der Waals surface area contributed by atoms with E-state index in [4.69, 9.17) is 4.74 Å². The molecule has 1 N–H and O–H groups in total. The number of carbonyl (C=O) groups excluding carboxylic acids is 1. The Morgan fingerprint density at radius 2 is 1.94 bits per heavy atom. The number of amides is 1. The third-order valence-electron chi connectivity index (χ3n) is 1.96. The molecule has 1 aromatic carbocycles. The lowest BCUT2D eigenvalue weighted by atomic mass is 10.2. The number of rotatable bonds is 4. The molecule has 0 saturated carbocycles. The van der Waals surface area contributed by atoms with E-state index in [1.807, 2.05) is 31.2 Å². The molecule has 0 fully saturated rings. The van der Waals surface area contributed by atoms with Gasteiger partial charge in [0.15, 0.2) is 0 Å². The maximum absolute atomic E-state index is 11.7. The largest absolute Gasteiger partial charge is 0.494 e.